The zero-order valence-corrected chi connectivity index (χ0v) is 42.2. The van der Waals surface area contributed by atoms with Crippen molar-refractivity contribution in [1.82, 2.24) is 19.9 Å². The Morgan fingerprint density at radius 1 is 0.373 bits per heavy atom. The third-order valence-corrected chi connectivity index (χ3v) is 14.1. The molecule has 0 radical (unpaired) electrons. The summed E-state index contributed by atoms with van der Waals surface area (Å²) in [7, 11) is 6.11. The van der Waals surface area contributed by atoms with Crippen LogP contribution in [0.3, 0.4) is 0 Å². The fourth-order valence-electron chi connectivity index (χ4n) is 10.4. The van der Waals surface area contributed by atoms with E-state index >= 15 is 0 Å². The number of aryl methyl sites for hydroxylation is 3. The van der Waals surface area contributed by atoms with E-state index in [0.717, 1.165) is 112 Å². The first-order chi connectivity index (χ1) is 36.9. The van der Waals surface area contributed by atoms with Crippen molar-refractivity contribution in [3.8, 4) is 50.3 Å². The van der Waals surface area contributed by atoms with Crippen LogP contribution in [0.15, 0.2) is 213 Å². The quantitative estimate of drug-likeness (QED) is 0.0684. The second-order valence-electron chi connectivity index (χ2n) is 19.1. The van der Waals surface area contributed by atoms with Crippen LogP contribution in [0, 0.1) is 0 Å². The standard InChI is InChI=1S/C66H55N7O2/c1-71-38-32-47(33-39-71)63-56-26-24-54(67-56)62(46-20-22-53(23-21-46)74-44-13-45-75-66(50-14-7-4-8-15-50,51-16-9-5-10-17-51)52-18-11-6-12-19-52)55-25-27-57(68-55)64(48-34-40-72(2)41-35-48)59-29-31-61(70-59)65(60-30-28-58(63)69-60)49-36-42-73(3)43-37-49/h4-12,14-43H,13,44-45H2,1-3H3,(H,67,68,69,70)/q+2/p+1. The van der Waals surface area contributed by atoms with Crippen molar-refractivity contribution in [2.45, 2.75) is 12.0 Å². The molecule has 2 aliphatic rings. The van der Waals surface area contributed by atoms with Crippen LogP contribution in [0.25, 0.3) is 90.9 Å². The largest absolute Gasteiger partial charge is 0.494 e. The SMILES string of the molecule is C[n+]1ccc(-c2c3nc(c(-c4cc[n+](C)cc4)c4ccc([nH]4)c(-c4cc[n+](C)cc4)c4nc(c(-c5ccc(OCCCOC(c6ccccc6)(c6ccccc6)c6ccccc6)cc5)c5ccc2[nH]5)C=C4)C=C3)cc1. The van der Waals surface area contributed by atoms with Gasteiger partial charge < -0.3 is 19.4 Å². The number of ether oxygens (including phenoxy) is 2. The van der Waals surface area contributed by atoms with E-state index in [0.29, 0.717) is 19.6 Å². The van der Waals surface area contributed by atoms with Gasteiger partial charge >= 0.3 is 0 Å². The molecule has 6 aromatic heterocycles. The molecule has 12 rings (SSSR count). The molecule has 364 valence electrons. The predicted molar refractivity (Wildman–Crippen MR) is 299 cm³/mol. The van der Waals surface area contributed by atoms with Crippen LogP contribution in [0.4, 0.5) is 0 Å². The van der Waals surface area contributed by atoms with E-state index in [2.05, 4.69) is 243 Å². The molecule has 10 aromatic rings. The molecule has 2 aliphatic heterocycles. The van der Waals surface area contributed by atoms with Crippen molar-refractivity contribution in [3.05, 3.63) is 253 Å². The smallest absolute Gasteiger partial charge is 0.169 e. The molecule has 9 heteroatoms. The predicted octanol–water partition coefficient (Wildman–Crippen LogP) is 12.6. The molecule has 0 fully saturated rings. The summed E-state index contributed by atoms with van der Waals surface area (Å²) >= 11 is 0. The van der Waals surface area contributed by atoms with Gasteiger partial charge in [0.25, 0.3) is 0 Å². The third kappa shape index (κ3) is 9.26. The Morgan fingerprint density at radius 3 is 1.03 bits per heavy atom. The molecule has 8 bridgehead atoms. The number of nitrogens with one attached hydrogen (secondary N) is 2. The lowest BCUT2D eigenvalue weighted by Crippen LogP contribution is -2.33. The lowest BCUT2D eigenvalue weighted by molar-refractivity contribution is -0.671. The number of fused-ring (bicyclic) bond motifs is 8. The van der Waals surface area contributed by atoms with E-state index in [1.807, 2.05) is 39.3 Å². The summed E-state index contributed by atoms with van der Waals surface area (Å²) in [5.74, 6) is 0.776. The Balaban J connectivity index is 0.952. The van der Waals surface area contributed by atoms with Crippen molar-refractivity contribution in [2.24, 2.45) is 21.1 Å². The maximum atomic E-state index is 7.05. The Morgan fingerprint density at radius 2 is 0.693 bits per heavy atom. The topological polar surface area (TPSA) is 87.5 Å². The number of aromatic nitrogens is 7. The van der Waals surface area contributed by atoms with Gasteiger partial charge in [-0.05, 0) is 99.6 Å². The van der Waals surface area contributed by atoms with Gasteiger partial charge in [0.1, 0.15) is 32.5 Å². The molecule has 75 heavy (non-hydrogen) atoms. The molecule has 2 N–H and O–H groups in total. The summed E-state index contributed by atoms with van der Waals surface area (Å²) in [5, 5.41) is 0. The van der Waals surface area contributed by atoms with E-state index in [1.165, 1.54) is 0 Å². The number of H-pyrrole nitrogens is 2. The average molecular weight is 979 g/mol. The number of hydrogen-bond acceptors (Lipinski definition) is 4. The van der Waals surface area contributed by atoms with Crippen LogP contribution in [-0.4, -0.2) is 33.1 Å². The first kappa shape index (κ1) is 46.7. The van der Waals surface area contributed by atoms with Crippen molar-refractivity contribution in [1.29, 1.82) is 0 Å². The van der Waals surface area contributed by atoms with Gasteiger partial charge in [0.2, 0.25) is 0 Å². The van der Waals surface area contributed by atoms with Crippen LogP contribution in [0.1, 0.15) is 45.9 Å². The second-order valence-corrected chi connectivity index (χ2v) is 19.1. The van der Waals surface area contributed by atoms with Gasteiger partial charge in [-0.3, -0.25) is 0 Å². The summed E-state index contributed by atoms with van der Waals surface area (Å²) < 4.78 is 19.7. The van der Waals surface area contributed by atoms with Gasteiger partial charge in [-0.1, -0.05) is 103 Å². The Labute approximate surface area is 436 Å². The van der Waals surface area contributed by atoms with Crippen LogP contribution < -0.4 is 18.4 Å². The fraction of sp³-hybridized carbons (Fsp3) is 0.106. The summed E-state index contributed by atoms with van der Waals surface area (Å²) in [5.41, 5.74) is 17.8. The maximum Gasteiger partial charge on any atom is 0.169 e. The molecule has 4 aromatic carbocycles. The monoisotopic (exact) mass is 978 g/mol. The molecule has 0 saturated carbocycles. The van der Waals surface area contributed by atoms with Crippen LogP contribution in [-0.2, 0) is 31.5 Å². The van der Waals surface area contributed by atoms with Crippen molar-refractivity contribution in [2.75, 3.05) is 13.2 Å². The first-order valence-corrected chi connectivity index (χ1v) is 25.4. The number of hydrogen-bond donors (Lipinski definition) is 2. The summed E-state index contributed by atoms with van der Waals surface area (Å²) in [6, 6.07) is 61.4. The van der Waals surface area contributed by atoms with E-state index in [1.54, 1.807) is 0 Å². The first-order valence-electron chi connectivity index (χ1n) is 25.4. The molecule has 0 aliphatic carbocycles. The number of pyridine rings is 3. The zero-order chi connectivity index (χ0) is 50.7. The molecule has 8 heterocycles. The molecule has 0 saturated heterocycles. The normalized spacial score (nSPS) is 12.0. The van der Waals surface area contributed by atoms with Crippen molar-refractivity contribution >= 4 is 46.4 Å². The number of aromatic amines is 2. The summed E-state index contributed by atoms with van der Waals surface area (Å²) in [6.07, 6.45) is 21.7. The zero-order valence-electron chi connectivity index (χ0n) is 42.2. The highest BCUT2D eigenvalue weighted by atomic mass is 16.5. The second kappa shape index (κ2) is 20.3. The maximum absolute atomic E-state index is 7.05. The third-order valence-electron chi connectivity index (χ3n) is 14.1. The van der Waals surface area contributed by atoms with E-state index in [9.17, 15) is 0 Å². The van der Waals surface area contributed by atoms with Gasteiger partial charge in [0.05, 0.1) is 36.0 Å². The molecule has 0 atom stereocenters. The lowest BCUT2D eigenvalue weighted by atomic mass is 9.80. The molecule has 0 amide bonds. The number of benzene rings is 4. The van der Waals surface area contributed by atoms with Gasteiger partial charge in [0.15, 0.2) is 37.2 Å². The number of rotatable bonds is 13. The van der Waals surface area contributed by atoms with E-state index in [-0.39, 0.29) is 0 Å². The Bertz CT molecular complexity index is 3760. The van der Waals surface area contributed by atoms with Gasteiger partial charge in [-0.15, -0.1) is 0 Å². The van der Waals surface area contributed by atoms with E-state index in [4.69, 9.17) is 19.4 Å². The van der Waals surface area contributed by atoms with Gasteiger partial charge in [-0.25, -0.2) is 23.7 Å². The highest BCUT2D eigenvalue weighted by Gasteiger charge is 2.37. The average Bonchev–Trinajstić information content (AvgIpc) is 4.34. The van der Waals surface area contributed by atoms with Crippen molar-refractivity contribution < 1.29 is 23.2 Å². The van der Waals surface area contributed by atoms with Crippen molar-refractivity contribution in [3.63, 3.8) is 0 Å². The minimum Gasteiger partial charge on any atom is -0.494 e. The molecule has 9 nitrogen and oxygen atoms in total. The van der Waals surface area contributed by atoms with Gasteiger partial charge in [0, 0.05) is 87.1 Å². The van der Waals surface area contributed by atoms with Crippen LogP contribution in [0.2, 0.25) is 0 Å². The fourth-order valence-corrected chi connectivity index (χ4v) is 10.4. The number of nitrogens with zero attached hydrogens (tertiary/aromatic N) is 5. The highest BCUT2D eigenvalue weighted by Crippen LogP contribution is 2.42. The van der Waals surface area contributed by atoms with Crippen LogP contribution >= 0.6 is 0 Å². The Kier molecular flexibility index (Phi) is 12.7. The molecular weight excluding hydrogens is 923 g/mol. The lowest BCUT2D eigenvalue weighted by Gasteiger charge is -2.36. The molecular formula is C66H56N7O2+3. The van der Waals surface area contributed by atoms with Gasteiger partial charge in [-0.2, -0.15) is 0 Å². The van der Waals surface area contributed by atoms with Crippen LogP contribution in [0.5, 0.6) is 5.75 Å². The molecule has 0 spiro atoms. The Hall–Kier alpha value is -9.31. The minimum absolute atomic E-state index is 0.478. The highest BCUT2D eigenvalue weighted by molar-refractivity contribution is 5.99. The summed E-state index contributed by atoms with van der Waals surface area (Å²) in [6.45, 7) is 0.956. The summed E-state index contributed by atoms with van der Waals surface area (Å²) in [4.78, 5) is 18.7. The van der Waals surface area contributed by atoms with E-state index < -0.39 is 5.60 Å². The molecule has 0 unspecified atom stereocenters. The minimum atomic E-state index is -0.786.